The van der Waals surface area contributed by atoms with Gasteiger partial charge >= 0.3 is 0 Å². The lowest BCUT2D eigenvalue weighted by atomic mass is 9.76. The number of amidine groups is 2. The van der Waals surface area contributed by atoms with Gasteiger partial charge in [-0.1, -0.05) is 0 Å². The van der Waals surface area contributed by atoms with E-state index in [9.17, 15) is 19.2 Å². The Kier molecular flexibility index (Phi) is 10.5. The first-order valence-electron chi connectivity index (χ1n) is 16.7. The lowest BCUT2D eigenvalue weighted by Gasteiger charge is -2.37. The molecule has 3 saturated carbocycles. The number of carbonyl (C=O) groups excluding carboxylic acids is 4. The van der Waals surface area contributed by atoms with Crippen LogP contribution >= 0.6 is 0 Å². The van der Waals surface area contributed by atoms with E-state index in [4.69, 9.17) is 0 Å². The van der Waals surface area contributed by atoms with E-state index >= 15 is 0 Å². The highest BCUT2D eigenvalue weighted by Crippen LogP contribution is 2.35. The first-order chi connectivity index (χ1) is 21.1. The summed E-state index contributed by atoms with van der Waals surface area (Å²) >= 11 is 0. The second-order valence-electron chi connectivity index (χ2n) is 14.0. The molecule has 4 N–H and O–H groups in total. The van der Waals surface area contributed by atoms with E-state index in [0.29, 0.717) is 38.5 Å². The maximum Gasteiger partial charge on any atom is 0.225 e. The van der Waals surface area contributed by atoms with Crippen LogP contribution in [0.3, 0.4) is 0 Å². The lowest BCUT2D eigenvalue weighted by molar-refractivity contribution is -0.136. The molecule has 5 aliphatic rings. The predicted molar refractivity (Wildman–Crippen MR) is 169 cm³/mol. The molecule has 5 rings (SSSR count). The first kappa shape index (κ1) is 32.2. The molecule has 12 heteroatoms. The van der Waals surface area contributed by atoms with E-state index in [1.54, 1.807) is 38.0 Å². The third-order valence-corrected chi connectivity index (χ3v) is 10.3. The quantitative estimate of drug-likeness (QED) is 0.319. The molecule has 6 atom stereocenters. The third kappa shape index (κ3) is 7.72. The summed E-state index contributed by atoms with van der Waals surface area (Å²) in [6.07, 6.45) is 7.06. The van der Waals surface area contributed by atoms with Crippen molar-refractivity contribution in [3.05, 3.63) is 0 Å². The fourth-order valence-corrected chi connectivity index (χ4v) is 8.09. The van der Waals surface area contributed by atoms with Crippen molar-refractivity contribution in [1.82, 2.24) is 31.1 Å². The van der Waals surface area contributed by atoms with Crippen LogP contribution < -0.4 is 21.3 Å². The van der Waals surface area contributed by atoms with Crippen molar-refractivity contribution >= 4 is 35.3 Å². The number of hydrogen-bond donors (Lipinski definition) is 4. The molecule has 3 fully saturated rings. The summed E-state index contributed by atoms with van der Waals surface area (Å²) in [5.74, 6) is 2.00. The van der Waals surface area contributed by atoms with Crippen LogP contribution in [0.25, 0.3) is 0 Å². The fourth-order valence-electron chi connectivity index (χ4n) is 8.09. The normalized spacial score (nSPS) is 33.6. The Morgan fingerprint density at radius 3 is 1.30 bits per heavy atom. The van der Waals surface area contributed by atoms with Gasteiger partial charge in [0.15, 0.2) is 0 Å². The Morgan fingerprint density at radius 1 is 0.591 bits per heavy atom. The van der Waals surface area contributed by atoms with Crippen molar-refractivity contribution < 1.29 is 19.2 Å². The molecule has 0 spiro atoms. The summed E-state index contributed by atoms with van der Waals surface area (Å²) < 4.78 is 0. The Labute approximate surface area is 261 Å². The van der Waals surface area contributed by atoms with Gasteiger partial charge < -0.3 is 31.1 Å². The Bertz CT molecular complexity index is 1060. The van der Waals surface area contributed by atoms with Crippen LogP contribution in [0, 0.1) is 35.5 Å². The second kappa shape index (κ2) is 14.3. The van der Waals surface area contributed by atoms with Gasteiger partial charge in [0, 0.05) is 88.9 Å². The van der Waals surface area contributed by atoms with Crippen molar-refractivity contribution in [1.29, 1.82) is 0 Å². The minimum atomic E-state index is -0.137. The standard InChI is InChI=1S/C32H52N8O4/c1-39(2)31(43)23-13-21(27-33-9-10-34-27)15-25(17-23)37-29(41)19-5-7-20(8-6-19)30(42)38-26-16-22(28-35-11-12-36-28)14-24(18-26)32(44)40(3)4/h19-26H,5-18H2,1-4H3,(H,33,34)(H,35,36)(H,37,41)(H,38,42). The van der Waals surface area contributed by atoms with E-state index in [1.165, 1.54) is 0 Å². The molecule has 0 aromatic heterocycles. The van der Waals surface area contributed by atoms with E-state index in [2.05, 4.69) is 31.3 Å². The average molecular weight is 613 g/mol. The van der Waals surface area contributed by atoms with Gasteiger partial charge in [0.05, 0.1) is 24.8 Å². The summed E-state index contributed by atoms with van der Waals surface area (Å²) in [4.78, 5) is 65.1. The van der Waals surface area contributed by atoms with Gasteiger partial charge in [-0.05, 0) is 64.2 Å². The van der Waals surface area contributed by atoms with Gasteiger partial charge in [0.25, 0.3) is 0 Å². The molecule has 3 aliphatic carbocycles. The van der Waals surface area contributed by atoms with Crippen molar-refractivity contribution in [2.75, 3.05) is 54.4 Å². The van der Waals surface area contributed by atoms with Gasteiger partial charge in [-0.25, -0.2) is 0 Å². The van der Waals surface area contributed by atoms with Crippen LogP contribution in [-0.2, 0) is 19.2 Å². The van der Waals surface area contributed by atoms with E-state index in [-0.39, 0.29) is 71.2 Å². The van der Waals surface area contributed by atoms with Crippen LogP contribution in [0.1, 0.15) is 64.2 Å². The monoisotopic (exact) mass is 612 g/mol. The molecule has 2 aliphatic heterocycles. The van der Waals surface area contributed by atoms with Crippen molar-refractivity contribution in [3.63, 3.8) is 0 Å². The molecule has 0 bridgehead atoms. The van der Waals surface area contributed by atoms with Gasteiger partial charge in [0.2, 0.25) is 23.6 Å². The first-order valence-corrected chi connectivity index (χ1v) is 16.7. The lowest BCUT2D eigenvalue weighted by Crippen LogP contribution is -2.50. The maximum absolute atomic E-state index is 13.4. The van der Waals surface area contributed by atoms with Crippen LogP contribution in [0.2, 0.25) is 0 Å². The highest BCUT2D eigenvalue weighted by molar-refractivity contribution is 5.89. The Morgan fingerprint density at radius 2 is 0.977 bits per heavy atom. The molecule has 12 nitrogen and oxygen atoms in total. The highest BCUT2D eigenvalue weighted by atomic mass is 16.2. The minimum Gasteiger partial charge on any atom is -0.372 e. The molecule has 44 heavy (non-hydrogen) atoms. The number of rotatable bonds is 8. The third-order valence-electron chi connectivity index (χ3n) is 10.3. The molecule has 244 valence electrons. The zero-order valence-electron chi connectivity index (χ0n) is 26.9. The molecule has 4 amide bonds. The Balaban J connectivity index is 1.13. The van der Waals surface area contributed by atoms with Gasteiger partial charge in [-0.3, -0.25) is 29.2 Å². The summed E-state index contributed by atoms with van der Waals surface area (Å²) in [5.41, 5.74) is 0. The SMILES string of the molecule is CN(C)C(=O)C1CC(NC(=O)C2CCC(C(=O)NC3CC(C(=O)N(C)C)CC(C4=NCCN4)C3)CC2)CC(C2=NCCN2)C1. The molecule has 2 heterocycles. The van der Waals surface area contributed by atoms with E-state index in [1.807, 2.05) is 0 Å². The van der Waals surface area contributed by atoms with Crippen LogP contribution in [0.15, 0.2) is 9.98 Å². The van der Waals surface area contributed by atoms with Gasteiger partial charge in [-0.2, -0.15) is 0 Å². The summed E-state index contributed by atoms with van der Waals surface area (Å²) in [6.45, 7) is 3.17. The number of carbonyl (C=O) groups is 4. The van der Waals surface area contributed by atoms with Crippen molar-refractivity contribution in [2.24, 2.45) is 45.5 Å². The number of nitrogens with zero attached hydrogens (tertiary/aromatic N) is 4. The molecule has 0 aromatic carbocycles. The second-order valence-corrected chi connectivity index (χ2v) is 14.0. The zero-order valence-corrected chi connectivity index (χ0v) is 26.9. The van der Waals surface area contributed by atoms with Crippen LogP contribution in [0.5, 0.6) is 0 Å². The van der Waals surface area contributed by atoms with Crippen molar-refractivity contribution in [3.8, 4) is 0 Å². The number of hydrogen-bond acceptors (Lipinski definition) is 8. The average Bonchev–Trinajstić information content (AvgIpc) is 3.75. The van der Waals surface area contributed by atoms with Crippen molar-refractivity contribution in [2.45, 2.75) is 76.3 Å². The topological polar surface area (TPSA) is 148 Å². The minimum absolute atomic E-state index is 0.0388. The largest absolute Gasteiger partial charge is 0.372 e. The summed E-state index contributed by atoms with van der Waals surface area (Å²) in [6, 6.07) is -0.144. The van der Waals surface area contributed by atoms with Gasteiger partial charge in [0.1, 0.15) is 0 Å². The number of nitrogens with one attached hydrogen (secondary N) is 4. The number of aliphatic imine (C=N–C) groups is 2. The maximum atomic E-state index is 13.4. The van der Waals surface area contributed by atoms with E-state index < -0.39 is 0 Å². The molecule has 0 radical (unpaired) electrons. The molecule has 0 aromatic rings. The Hall–Kier alpha value is -3.18. The summed E-state index contributed by atoms with van der Waals surface area (Å²) in [5, 5.41) is 13.3. The molecular weight excluding hydrogens is 560 g/mol. The smallest absolute Gasteiger partial charge is 0.225 e. The van der Waals surface area contributed by atoms with Gasteiger partial charge in [-0.15, -0.1) is 0 Å². The van der Waals surface area contributed by atoms with Crippen LogP contribution in [-0.4, -0.2) is 112 Å². The molecule has 6 unspecified atom stereocenters. The zero-order chi connectivity index (χ0) is 31.4. The number of amides is 4. The fraction of sp³-hybridized carbons (Fsp3) is 0.812. The predicted octanol–water partition coefficient (Wildman–Crippen LogP) is 0.775. The molecular formula is C32H52N8O4. The summed E-state index contributed by atoms with van der Waals surface area (Å²) in [7, 11) is 7.15. The highest BCUT2D eigenvalue weighted by Gasteiger charge is 2.40. The molecule has 0 saturated heterocycles. The van der Waals surface area contributed by atoms with E-state index in [0.717, 1.165) is 63.5 Å². The van der Waals surface area contributed by atoms with Crippen LogP contribution in [0.4, 0.5) is 0 Å².